The van der Waals surface area contributed by atoms with Gasteiger partial charge in [-0.25, -0.2) is 19.9 Å². The van der Waals surface area contributed by atoms with Gasteiger partial charge in [-0.1, -0.05) is 59.6 Å². The second-order valence-corrected chi connectivity index (χ2v) is 16.5. The zero-order chi connectivity index (χ0) is 43.4. The van der Waals surface area contributed by atoms with Crippen molar-refractivity contribution in [2.75, 3.05) is 27.3 Å². The molecule has 0 aliphatic carbocycles. The van der Waals surface area contributed by atoms with Gasteiger partial charge in [0, 0.05) is 52.2 Å². The number of H-pyrrole nitrogens is 1. The molecular formula is C48H39Cl2N7O6. The van der Waals surface area contributed by atoms with Crippen molar-refractivity contribution in [1.29, 1.82) is 0 Å². The summed E-state index contributed by atoms with van der Waals surface area (Å²) in [6.45, 7) is 1.01. The van der Waals surface area contributed by atoms with Gasteiger partial charge in [-0.3, -0.25) is 14.4 Å². The first-order valence-corrected chi connectivity index (χ1v) is 21.4. The molecule has 2 aliphatic rings. The molecule has 2 aliphatic heterocycles. The van der Waals surface area contributed by atoms with Crippen LogP contribution in [0, 0.1) is 0 Å². The van der Waals surface area contributed by atoms with Gasteiger partial charge >= 0.3 is 0 Å². The Labute approximate surface area is 371 Å². The fraction of sp³-hybridized carbons (Fsp3) is 0.229. The molecule has 1 N–H and O–H groups in total. The lowest BCUT2D eigenvalue weighted by atomic mass is 10.0. The predicted molar refractivity (Wildman–Crippen MR) is 239 cm³/mol. The molecule has 2 fully saturated rings. The van der Waals surface area contributed by atoms with Crippen molar-refractivity contribution in [2.45, 2.75) is 44.2 Å². The average Bonchev–Trinajstić information content (AvgIpc) is 4.15. The van der Waals surface area contributed by atoms with Crippen molar-refractivity contribution in [3.8, 4) is 34.3 Å². The number of imidazole rings is 1. The largest absolute Gasteiger partial charge is 0.496 e. The molecule has 6 heterocycles. The number of oxazole rings is 1. The molecule has 4 aromatic carbocycles. The van der Waals surface area contributed by atoms with E-state index in [-0.39, 0.29) is 51.8 Å². The Hall–Kier alpha value is -6.83. The average molecular weight is 881 g/mol. The number of hydrogen-bond acceptors (Lipinski definition) is 10. The highest BCUT2D eigenvalue weighted by Crippen LogP contribution is 2.37. The molecule has 0 spiro atoms. The zero-order valence-corrected chi connectivity index (χ0v) is 35.7. The number of ketones is 1. The van der Waals surface area contributed by atoms with Gasteiger partial charge in [0.15, 0.2) is 11.5 Å². The Morgan fingerprint density at radius 3 is 2.02 bits per heavy atom. The molecule has 13 nitrogen and oxygen atoms in total. The normalized spacial score (nSPS) is 16.4. The lowest BCUT2D eigenvalue weighted by molar-refractivity contribution is -0.122. The minimum absolute atomic E-state index is 0.0479. The summed E-state index contributed by atoms with van der Waals surface area (Å²) in [5.41, 5.74) is 4.40. The number of benzene rings is 4. The SMILES string of the molecule is COc1cccc2c(C(=O)N3CCC[C@H]3C(=O)Cc3ccc(-c4ncc(-c5ccc6nc([C@@H]7CCCN7C(=O)c7nc(Cl)cc8c(OC)cccc78)[nH]c6c5)o4)cc3)nc(Cl)cc12. The van der Waals surface area contributed by atoms with Crippen molar-refractivity contribution in [3.05, 3.63) is 130 Å². The topological polar surface area (TPSA) is 157 Å². The van der Waals surface area contributed by atoms with E-state index in [1.807, 2.05) is 71.6 Å². The third-order valence-corrected chi connectivity index (χ3v) is 12.4. The van der Waals surface area contributed by atoms with Gasteiger partial charge < -0.3 is 28.7 Å². The molecule has 10 rings (SSSR count). The lowest BCUT2D eigenvalue weighted by Crippen LogP contribution is -2.41. The molecule has 2 atom stereocenters. The summed E-state index contributed by atoms with van der Waals surface area (Å²) in [5, 5.41) is 3.09. The number of hydrogen-bond donors (Lipinski definition) is 1. The van der Waals surface area contributed by atoms with Crippen LogP contribution in [0.1, 0.15) is 64.1 Å². The van der Waals surface area contributed by atoms with Gasteiger partial charge in [-0.15, -0.1) is 0 Å². The summed E-state index contributed by atoms with van der Waals surface area (Å²) in [6.07, 6.45) is 4.68. The first kappa shape index (κ1) is 40.3. The van der Waals surface area contributed by atoms with Gasteiger partial charge in [0.2, 0.25) is 5.89 Å². The van der Waals surface area contributed by atoms with Crippen molar-refractivity contribution in [3.63, 3.8) is 0 Å². The first-order valence-electron chi connectivity index (χ1n) is 20.6. The van der Waals surface area contributed by atoms with Crippen molar-refractivity contribution in [2.24, 2.45) is 0 Å². The minimum atomic E-state index is -0.576. The molecule has 2 saturated heterocycles. The molecule has 15 heteroatoms. The van der Waals surface area contributed by atoms with Gasteiger partial charge in [0.1, 0.15) is 39.0 Å². The fourth-order valence-electron chi connectivity index (χ4n) is 8.99. The number of halogens is 2. The summed E-state index contributed by atoms with van der Waals surface area (Å²) in [6, 6.07) is 26.8. The van der Waals surface area contributed by atoms with E-state index < -0.39 is 6.04 Å². The molecule has 0 radical (unpaired) electrons. The maximum absolute atomic E-state index is 14.1. The maximum atomic E-state index is 14.1. The molecule has 316 valence electrons. The predicted octanol–water partition coefficient (Wildman–Crippen LogP) is 9.70. The van der Waals surface area contributed by atoms with Crippen LogP contribution in [0.4, 0.5) is 0 Å². The van der Waals surface area contributed by atoms with Crippen LogP contribution in [-0.4, -0.2) is 85.7 Å². The van der Waals surface area contributed by atoms with Gasteiger partial charge in [0.25, 0.3) is 11.8 Å². The number of carbonyl (C=O) groups is 3. The molecule has 0 unspecified atom stereocenters. The Bertz CT molecular complexity index is 3110. The van der Waals surface area contributed by atoms with E-state index in [0.717, 1.165) is 46.0 Å². The molecule has 4 aromatic heterocycles. The minimum Gasteiger partial charge on any atom is -0.496 e. The Morgan fingerprint density at radius 2 is 1.35 bits per heavy atom. The van der Waals surface area contributed by atoms with Crippen LogP contribution in [0.5, 0.6) is 11.5 Å². The number of Topliss-reactive ketones (excluding diaryl/α,β-unsaturated/α-hetero) is 1. The molecule has 2 amide bonds. The summed E-state index contributed by atoms with van der Waals surface area (Å²) in [7, 11) is 3.15. The Kier molecular flexibility index (Phi) is 10.5. The van der Waals surface area contributed by atoms with Crippen LogP contribution in [0.15, 0.2) is 102 Å². The standard InChI is InChI=1S/C48H39Cl2N7O6/c1-61-38-11-3-7-29-31(38)23-41(49)54-43(29)47(59)56-19-5-9-35(56)37(58)21-26-13-15-27(16-14-26)46-51-25-40(63-46)28-17-18-33-34(22-28)53-45(52-33)36-10-6-20-57(36)48(60)44-30-8-4-12-39(62-2)32(30)24-42(50)55-44/h3-4,7-8,11-18,22-25,35-36H,5-6,9-10,19-21H2,1-2H3,(H,52,53)/t35-,36-/m0/s1. The number of methoxy groups -OCH3 is 2. The molecule has 0 bridgehead atoms. The van der Waals surface area contributed by atoms with E-state index in [2.05, 4.69) is 19.9 Å². The van der Waals surface area contributed by atoms with E-state index in [1.54, 1.807) is 49.6 Å². The number of rotatable bonds is 10. The van der Waals surface area contributed by atoms with Crippen LogP contribution >= 0.6 is 23.2 Å². The highest BCUT2D eigenvalue weighted by atomic mass is 35.5. The number of ether oxygens (including phenoxy) is 2. The number of carbonyl (C=O) groups excluding carboxylic acids is 3. The van der Waals surface area contributed by atoms with Crippen LogP contribution in [0.25, 0.3) is 55.4 Å². The second kappa shape index (κ2) is 16.5. The van der Waals surface area contributed by atoms with Crippen molar-refractivity contribution < 1.29 is 28.3 Å². The lowest BCUT2D eigenvalue weighted by Gasteiger charge is -2.24. The number of likely N-dealkylation sites (tertiary alicyclic amines) is 2. The van der Waals surface area contributed by atoms with Gasteiger partial charge in [-0.05, 0) is 85.8 Å². The van der Waals surface area contributed by atoms with Crippen molar-refractivity contribution >= 4 is 73.4 Å². The van der Waals surface area contributed by atoms with Gasteiger partial charge in [-0.2, -0.15) is 0 Å². The highest BCUT2D eigenvalue weighted by molar-refractivity contribution is 6.31. The van der Waals surface area contributed by atoms with E-state index in [9.17, 15) is 14.4 Å². The van der Waals surface area contributed by atoms with E-state index in [1.165, 1.54) is 0 Å². The maximum Gasteiger partial charge on any atom is 0.273 e. The Balaban J connectivity index is 0.825. The number of fused-ring (bicyclic) bond motifs is 3. The molecule has 63 heavy (non-hydrogen) atoms. The highest BCUT2D eigenvalue weighted by Gasteiger charge is 2.37. The summed E-state index contributed by atoms with van der Waals surface area (Å²) < 4.78 is 17.3. The van der Waals surface area contributed by atoms with Crippen molar-refractivity contribution in [1.82, 2.24) is 34.7 Å². The van der Waals surface area contributed by atoms with E-state index in [4.69, 9.17) is 42.1 Å². The monoisotopic (exact) mass is 879 g/mol. The first-order chi connectivity index (χ1) is 30.7. The number of aromatic amines is 1. The quantitative estimate of drug-likeness (QED) is 0.131. The summed E-state index contributed by atoms with van der Waals surface area (Å²) in [5.74, 6) is 2.29. The van der Waals surface area contributed by atoms with Crippen LogP contribution in [0.2, 0.25) is 10.3 Å². The molecular weight excluding hydrogens is 841 g/mol. The number of pyridine rings is 2. The second-order valence-electron chi connectivity index (χ2n) is 15.7. The number of nitrogens with zero attached hydrogens (tertiary/aromatic N) is 6. The molecule has 0 saturated carbocycles. The summed E-state index contributed by atoms with van der Waals surface area (Å²) >= 11 is 12.8. The number of nitrogens with one attached hydrogen (secondary N) is 1. The van der Waals surface area contributed by atoms with Crippen LogP contribution < -0.4 is 9.47 Å². The van der Waals surface area contributed by atoms with Crippen LogP contribution in [-0.2, 0) is 11.2 Å². The van der Waals surface area contributed by atoms with Gasteiger partial charge in [0.05, 0.1) is 43.5 Å². The zero-order valence-electron chi connectivity index (χ0n) is 34.2. The van der Waals surface area contributed by atoms with Crippen LogP contribution in [0.3, 0.4) is 0 Å². The number of amides is 2. The van der Waals surface area contributed by atoms with E-state index >= 15 is 0 Å². The molecule has 8 aromatic rings. The smallest absolute Gasteiger partial charge is 0.273 e. The summed E-state index contributed by atoms with van der Waals surface area (Å²) in [4.78, 5) is 66.9. The number of aromatic nitrogens is 5. The third-order valence-electron chi connectivity index (χ3n) is 12.0. The fourth-order valence-corrected chi connectivity index (χ4v) is 9.38. The Morgan fingerprint density at radius 1 is 0.730 bits per heavy atom. The van der Waals surface area contributed by atoms with E-state index in [0.29, 0.717) is 71.1 Å². The third kappa shape index (κ3) is 7.40.